The van der Waals surface area contributed by atoms with Crippen molar-refractivity contribution in [3.05, 3.63) is 77.1 Å². The Labute approximate surface area is 206 Å². The molecule has 0 saturated carbocycles. The highest BCUT2D eigenvalue weighted by molar-refractivity contribution is 7.89. The molecule has 1 saturated heterocycles. The van der Waals surface area contributed by atoms with Crippen LogP contribution in [0.3, 0.4) is 0 Å². The number of hydrogen-bond donors (Lipinski definition) is 0. The second-order valence-corrected chi connectivity index (χ2v) is 10.5. The summed E-state index contributed by atoms with van der Waals surface area (Å²) in [5.74, 6) is -0.288. The van der Waals surface area contributed by atoms with Gasteiger partial charge >= 0.3 is 0 Å². The number of halogens is 1. The van der Waals surface area contributed by atoms with Crippen molar-refractivity contribution in [2.24, 2.45) is 0 Å². The number of carbonyl (C=O) groups excluding carboxylic acids is 2. The minimum atomic E-state index is -4.05. The summed E-state index contributed by atoms with van der Waals surface area (Å²) >= 11 is 6.00. The number of piperazine rings is 1. The molecule has 4 aromatic rings. The summed E-state index contributed by atoms with van der Waals surface area (Å²) in [6.45, 7) is 0.881. The number of aryl methyl sites for hydroxylation is 1. The number of fused-ring (bicyclic) bond motifs is 1. The second kappa shape index (κ2) is 8.88. The zero-order valence-electron chi connectivity index (χ0n) is 18.5. The predicted octanol–water partition coefficient (Wildman–Crippen LogP) is 3.41. The molecule has 0 radical (unpaired) electrons. The van der Waals surface area contributed by atoms with E-state index in [0.717, 1.165) is 20.2 Å². The largest absolute Gasteiger partial charge is 0.339 e. The minimum absolute atomic E-state index is 0.00802. The van der Waals surface area contributed by atoms with Gasteiger partial charge in [0.05, 0.1) is 24.5 Å². The van der Waals surface area contributed by atoms with Crippen LogP contribution in [0, 0.1) is 6.92 Å². The van der Waals surface area contributed by atoms with Crippen molar-refractivity contribution in [2.75, 3.05) is 13.1 Å². The van der Waals surface area contributed by atoms with Crippen molar-refractivity contribution >= 4 is 44.2 Å². The fourth-order valence-corrected chi connectivity index (χ4v) is 5.43. The van der Waals surface area contributed by atoms with Gasteiger partial charge in [-0.1, -0.05) is 53.2 Å². The lowest BCUT2D eigenvalue weighted by atomic mass is 10.1. The Kier molecular flexibility index (Phi) is 5.87. The topological polar surface area (TPSA) is 114 Å². The molecule has 1 aromatic heterocycles. The van der Waals surface area contributed by atoms with Crippen LogP contribution in [0.5, 0.6) is 0 Å². The SMILES string of the molecule is Cc1nc(-c2ccc(CN3C(=O)CN(S(=O)(=O)c4ccc5cc(Cl)ccc5c4)CC3=O)cc2)no1. The van der Waals surface area contributed by atoms with Crippen molar-refractivity contribution < 1.29 is 22.5 Å². The van der Waals surface area contributed by atoms with E-state index in [4.69, 9.17) is 16.1 Å². The molecule has 0 N–H and O–H groups in total. The van der Waals surface area contributed by atoms with Crippen LogP contribution in [0.2, 0.25) is 5.02 Å². The molecule has 11 heteroatoms. The summed E-state index contributed by atoms with van der Waals surface area (Å²) in [4.78, 5) is 30.8. The van der Waals surface area contributed by atoms with Crippen LogP contribution in [0.1, 0.15) is 11.5 Å². The van der Waals surface area contributed by atoms with E-state index < -0.39 is 34.9 Å². The summed E-state index contributed by atoms with van der Waals surface area (Å²) in [5, 5.41) is 5.87. The first-order valence-electron chi connectivity index (χ1n) is 10.6. The molecule has 178 valence electrons. The zero-order valence-corrected chi connectivity index (χ0v) is 20.1. The highest BCUT2D eigenvalue weighted by Gasteiger charge is 2.37. The normalized spacial score (nSPS) is 15.2. The van der Waals surface area contributed by atoms with Gasteiger partial charge in [-0.15, -0.1) is 0 Å². The third kappa shape index (κ3) is 4.55. The molecular formula is C24H19ClN4O5S. The van der Waals surface area contributed by atoms with Gasteiger partial charge in [0.2, 0.25) is 33.6 Å². The highest BCUT2D eigenvalue weighted by Crippen LogP contribution is 2.26. The Morgan fingerprint density at radius 3 is 2.26 bits per heavy atom. The monoisotopic (exact) mass is 510 g/mol. The van der Waals surface area contributed by atoms with E-state index in [1.54, 1.807) is 55.5 Å². The van der Waals surface area contributed by atoms with Gasteiger partial charge in [0.25, 0.3) is 0 Å². The molecule has 5 rings (SSSR count). The van der Waals surface area contributed by atoms with Crippen molar-refractivity contribution in [3.63, 3.8) is 0 Å². The van der Waals surface area contributed by atoms with E-state index in [9.17, 15) is 18.0 Å². The summed E-state index contributed by atoms with van der Waals surface area (Å²) in [5.41, 5.74) is 1.44. The number of benzene rings is 3. The van der Waals surface area contributed by atoms with Gasteiger partial charge in [-0.25, -0.2) is 8.42 Å². The highest BCUT2D eigenvalue weighted by atomic mass is 35.5. The molecule has 2 amide bonds. The predicted molar refractivity (Wildman–Crippen MR) is 128 cm³/mol. The van der Waals surface area contributed by atoms with Crippen LogP contribution in [-0.4, -0.2) is 52.7 Å². The first-order valence-corrected chi connectivity index (χ1v) is 12.4. The molecule has 0 bridgehead atoms. The molecule has 35 heavy (non-hydrogen) atoms. The molecule has 1 fully saturated rings. The molecular weight excluding hydrogens is 492 g/mol. The number of sulfonamides is 1. The van der Waals surface area contributed by atoms with Crippen molar-refractivity contribution in [3.8, 4) is 11.4 Å². The molecule has 0 aliphatic carbocycles. The number of amides is 2. The molecule has 1 aliphatic rings. The van der Waals surface area contributed by atoms with Crippen LogP contribution in [0.4, 0.5) is 0 Å². The Bertz CT molecular complexity index is 1550. The smallest absolute Gasteiger partial charge is 0.244 e. The maximum absolute atomic E-state index is 13.2. The first-order chi connectivity index (χ1) is 16.7. The van der Waals surface area contributed by atoms with Crippen LogP contribution < -0.4 is 0 Å². The molecule has 2 heterocycles. The van der Waals surface area contributed by atoms with Gasteiger partial charge < -0.3 is 4.52 Å². The standard InChI is InChI=1S/C24H19ClN4O5S/c1-15-26-24(27-34-15)17-4-2-16(3-5-17)12-29-22(30)13-28(14-23(29)31)35(32,33)21-9-7-18-10-20(25)8-6-19(18)11-21/h2-11H,12-14H2,1H3. The Hall–Kier alpha value is -3.60. The molecule has 0 atom stereocenters. The average molecular weight is 511 g/mol. The fraction of sp³-hybridized carbons (Fsp3) is 0.167. The zero-order chi connectivity index (χ0) is 24.7. The van der Waals surface area contributed by atoms with Crippen molar-refractivity contribution in [1.29, 1.82) is 0 Å². The number of hydrogen-bond acceptors (Lipinski definition) is 7. The third-order valence-electron chi connectivity index (χ3n) is 5.72. The van der Waals surface area contributed by atoms with Crippen LogP contribution in [0.15, 0.2) is 70.1 Å². The Morgan fingerprint density at radius 1 is 0.943 bits per heavy atom. The van der Waals surface area contributed by atoms with Gasteiger partial charge in [-0.05, 0) is 40.6 Å². The van der Waals surface area contributed by atoms with Crippen LogP contribution in [-0.2, 0) is 26.2 Å². The number of carbonyl (C=O) groups is 2. The van der Waals surface area contributed by atoms with E-state index in [1.807, 2.05) is 0 Å². The number of rotatable bonds is 5. The third-order valence-corrected chi connectivity index (χ3v) is 7.74. The maximum Gasteiger partial charge on any atom is 0.244 e. The average Bonchev–Trinajstić information content (AvgIpc) is 3.27. The van der Waals surface area contributed by atoms with Crippen molar-refractivity contribution in [1.82, 2.24) is 19.3 Å². The first kappa shape index (κ1) is 23.2. The Balaban J connectivity index is 1.31. The van der Waals surface area contributed by atoms with Gasteiger partial charge in [-0.3, -0.25) is 14.5 Å². The van der Waals surface area contributed by atoms with E-state index in [-0.39, 0.29) is 11.4 Å². The van der Waals surface area contributed by atoms with Crippen LogP contribution in [0.25, 0.3) is 22.2 Å². The number of nitrogens with zero attached hydrogens (tertiary/aromatic N) is 4. The van der Waals surface area contributed by atoms with Crippen molar-refractivity contribution in [2.45, 2.75) is 18.4 Å². The molecule has 0 unspecified atom stereocenters. The fourth-order valence-electron chi connectivity index (χ4n) is 3.88. The quantitative estimate of drug-likeness (QED) is 0.378. The van der Waals surface area contributed by atoms with E-state index in [2.05, 4.69) is 10.1 Å². The molecule has 3 aromatic carbocycles. The van der Waals surface area contributed by atoms with E-state index in [0.29, 0.717) is 27.7 Å². The summed E-state index contributed by atoms with van der Waals surface area (Å²) in [7, 11) is -4.05. The Morgan fingerprint density at radius 2 is 1.60 bits per heavy atom. The number of aromatic nitrogens is 2. The van der Waals surface area contributed by atoms with Crippen LogP contribution >= 0.6 is 11.6 Å². The van der Waals surface area contributed by atoms with E-state index in [1.165, 1.54) is 12.1 Å². The van der Waals surface area contributed by atoms with Gasteiger partial charge in [0.1, 0.15) is 0 Å². The summed E-state index contributed by atoms with van der Waals surface area (Å²) in [6, 6.07) is 16.8. The lowest BCUT2D eigenvalue weighted by Gasteiger charge is -2.32. The molecule has 0 spiro atoms. The lowest BCUT2D eigenvalue weighted by molar-refractivity contribution is -0.149. The maximum atomic E-state index is 13.2. The minimum Gasteiger partial charge on any atom is -0.339 e. The molecule has 1 aliphatic heterocycles. The second-order valence-electron chi connectivity index (χ2n) is 8.13. The number of imide groups is 1. The van der Waals surface area contributed by atoms with Gasteiger partial charge in [0, 0.05) is 17.5 Å². The molecule has 9 nitrogen and oxygen atoms in total. The summed E-state index contributed by atoms with van der Waals surface area (Å²) < 4.78 is 32.3. The summed E-state index contributed by atoms with van der Waals surface area (Å²) in [6.07, 6.45) is 0. The van der Waals surface area contributed by atoms with E-state index >= 15 is 0 Å². The lowest BCUT2D eigenvalue weighted by Crippen LogP contribution is -2.54. The van der Waals surface area contributed by atoms with Gasteiger partial charge in [0.15, 0.2) is 0 Å². The van der Waals surface area contributed by atoms with Gasteiger partial charge in [-0.2, -0.15) is 9.29 Å².